The Morgan fingerprint density at radius 1 is 1.26 bits per heavy atom. The lowest BCUT2D eigenvalue weighted by atomic mass is 10.1. The van der Waals surface area contributed by atoms with E-state index in [9.17, 15) is 14.3 Å². The van der Waals surface area contributed by atoms with Crippen molar-refractivity contribution in [1.29, 1.82) is 0 Å². The van der Waals surface area contributed by atoms with E-state index in [0.29, 0.717) is 35.9 Å². The minimum Gasteiger partial charge on any atom is -0.489 e. The molecular weight excluding hydrogens is 401 g/mol. The Hall–Kier alpha value is -2.74. The highest BCUT2D eigenvalue weighted by Gasteiger charge is 2.29. The van der Waals surface area contributed by atoms with Crippen LogP contribution in [0.1, 0.15) is 58.2 Å². The van der Waals surface area contributed by atoms with Crippen LogP contribution in [0.3, 0.4) is 0 Å². The lowest BCUT2D eigenvalue weighted by molar-refractivity contribution is -0.154. The summed E-state index contributed by atoms with van der Waals surface area (Å²) < 4.78 is 25.9. The Bertz CT molecular complexity index is 912. The van der Waals surface area contributed by atoms with Gasteiger partial charge in [-0.3, -0.25) is 4.79 Å². The van der Waals surface area contributed by atoms with Gasteiger partial charge in [0.05, 0.1) is 19.5 Å². The molecule has 0 saturated heterocycles. The fraction of sp³-hybridized carbons (Fsp3) is 0.522. The number of aliphatic hydroxyl groups is 1. The normalized spacial score (nSPS) is 14.5. The Kier molecular flexibility index (Phi) is 7.43. The minimum atomic E-state index is -0.558. The second-order valence-electron chi connectivity index (χ2n) is 8.68. The number of carbonyl (C=O) groups is 1. The summed E-state index contributed by atoms with van der Waals surface area (Å²) in [7, 11) is 0. The maximum absolute atomic E-state index is 13.2. The van der Waals surface area contributed by atoms with E-state index in [1.165, 1.54) is 0 Å². The Labute approximate surface area is 181 Å². The average molecular weight is 432 g/mol. The van der Waals surface area contributed by atoms with Gasteiger partial charge in [-0.15, -0.1) is 0 Å². The summed E-state index contributed by atoms with van der Waals surface area (Å²) in [5, 5.41) is 13.8. The van der Waals surface area contributed by atoms with Crippen LogP contribution in [0.15, 0.2) is 36.2 Å². The molecule has 1 aliphatic rings. The number of nitrogens with zero attached hydrogens (tertiary/aromatic N) is 3. The summed E-state index contributed by atoms with van der Waals surface area (Å²) in [6, 6.07) is 7.26. The smallest absolute Gasteiger partial charge is 0.306 e. The van der Waals surface area contributed by atoms with Gasteiger partial charge in [0.15, 0.2) is 5.82 Å². The first-order chi connectivity index (χ1) is 14.8. The van der Waals surface area contributed by atoms with Gasteiger partial charge in [0.25, 0.3) is 0 Å². The highest BCUT2D eigenvalue weighted by atomic mass is 19.1. The van der Waals surface area contributed by atoms with E-state index in [4.69, 9.17) is 9.47 Å². The molecule has 8 heteroatoms. The molecule has 1 aliphatic carbocycles. The van der Waals surface area contributed by atoms with E-state index in [0.717, 1.165) is 24.2 Å². The first-order valence-electron chi connectivity index (χ1n) is 10.6. The zero-order valence-electron chi connectivity index (χ0n) is 18.3. The van der Waals surface area contributed by atoms with Crippen molar-refractivity contribution >= 4 is 5.97 Å². The first kappa shape index (κ1) is 22.9. The van der Waals surface area contributed by atoms with Crippen molar-refractivity contribution in [2.75, 3.05) is 13.2 Å². The van der Waals surface area contributed by atoms with Crippen LogP contribution >= 0.6 is 0 Å². The molecule has 1 saturated carbocycles. The molecule has 3 rings (SSSR count). The molecule has 0 radical (unpaired) electrons. The molecule has 1 aromatic carbocycles. The maximum atomic E-state index is 13.2. The molecule has 1 aromatic heterocycles. The molecule has 1 N–H and O–H groups in total. The van der Waals surface area contributed by atoms with Crippen molar-refractivity contribution < 1.29 is 23.8 Å². The van der Waals surface area contributed by atoms with Crippen LogP contribution in [0, 0.1) is 0 Å². The number of hydrogen-bond acceptors (Lipinski definition) is 6. The standard InChI is InChI=1S/C23H30FN3O4/c1-23(2,3)31-20(29)11-4-16(14-24)15-30-19-9-7-17(8-10-19)21-25-22(18-5-6-18)27(26-21)12-13-28/h7-10,14,18,28H,4-6,11-13,15H2,1-3H3/b16-14+. The zero-order valence-corrected chi connectivity index (χ0v) is 18.3. The van der Waals surface area contributed by atoms with Crippen LogP contribution < -0.4 is 4.74 Å². The zero-order chi connectivity index (χ0) is 22.4. The van der Waals surface area contributed by atoms with E-state index in [1.54, 1.807) is 37.6 Å². The van der Waals surface area contributed by atoms with Gasteiger partial charge in [-0.2, -0.15) is 5.10 Å². The third-order valence-electron chi connectivity index (χ3n) is 4.72. The second kappa shape index (κ2) is 10.0. The third kappa shape index (κ3) is 6.89. The fourth-order valence-electron chi connectivity index (χ4n) is 3.07. The average Bonchev–Trinajstić information content (AvgIpc) is 3.48. The van der Waals surface area contributed by atoms with Crippen molar-refractivity contribution in [3.63, 3.8) is 0 Å². The van der Waals surface area contributed by atoms with E-state index in [2.05, 4.69) is 10.1 Å². The molecule has 0 unspecified atom stereocenters. The third-order valence-corrected chi connectivity index (χ3v) is 4.72. The molecule has 0 amide bonds. The van der Waals surface area contributed by atoms with Crippen LogP contribution in [-0.2, 0) is 16.1 Å². The van der Waals surface area contributed by atoms with Gasteiger partial charge in [-0.05, 0) is 69.9 Å². The van der Waals surface area contributed by atoms with Crippen molar-refractivity contribution in [3.8, 4) is 17.1 Å². The molecule has 1 fully saturated rings. The number of benzene rings is 1. The van der Waals surface area contributed by atoms with Crippen LogP contribution in [-0.4, -0.2) is 44.7 Å². The summed E-state index contributed by atoms with van der Waals surface area (Å²) in [5.74, 6) is 2.19. The Morgan fingerprint density at radius 3 is 2.55 bits per heavy atom. The van der Waals surface area contributed by atoms with Crippen molar-refractivity contribution in [2.24, 2.45) is 0 Å². The molecular formula is C23H30FN3O4. The Morgan fingerprint density at radius 2 is 1.97 bits per heavy atom. The summed E-state index contributed by atoms with van der Waals surface area (Å²) in [4.78, 5) is 16.4. The van der Waals surface area contributed by atoms with Crippen molar-refractivity contribution in [3.05, 3.63) is 42.0 Å². The molecule has 2 aromatic rings. The number of halogens is 1. The lowest BCUT2D eigenvalue weighted by Crippen LogP contribution is -2.23. The monoisotopic (exact) mass is 431 g/mol. The number of aromatic nitrogens is 3. The van der Waals surface area contributed by atoms with Crippen LogP contribution in [0.4, 0.5) is 4.39 Å². The number of esters is 1. The topological polar surface area (TPSA) is 86.5 Å². The van der Waals surface area contributed by atoms with E-state index in [1.807, 2.05) is 12.1 Å². The fourth-order valence-corrected chi connectivity index (χ4v) is 3.07. The second-order valence-corrected chi connectivity index (χ2v) is 8.68. The number of hydrogen-bond donors (Lipinski definition) is 1. The lowest BCUT2D eigenvalue weighted by Gasteiger charge is -2.19. The van der Waals surface area contributed by atoms with Gasteiger partial charge in [-0.1, -0.05) is 0 Å². The SMILES string of the molecule is CC(C)(C)OC(=O)CC/C(=C\F)COc1ccc(-c2nc(C3CC3)n(CCO)n2)cc1. The maximum Gasteiger partial charge on any atom is 0.306 e. The van der Waals surface area contributed by atoms with Crippen molar-refractivity contribution in [1.82, 2.24) is 14.8 Å². The predicted octanol–water partition coefficient (Wildman–Crippen LogP) is 4.17. The van der Waals surface area contributed by atoms with Gasteiger partial charge in [0.2, 0.25) is 0 Å². The highest BCUT2D eigenvalue weighted by Crippen LogP contribution is 2.39. The van der Waals surface area contributed by atoms with Crippen LogP contribution in [0.5, 0.6) is 5.75 Å². The summed E-state index contributed by atoms with van der Waals surface area (Å²) in [5.41, 5.74) is 0.669. The van der Waals surface area contributed by atoms with Crippen molar-refractivity contribution in [2.45, 2.75) is 64.5 Å². The molecule has 0 atom stereocenters. The van der Waals surface area contributed by atoms with E-state index < -0.39 is 5.60 Å². The van der Waals surface area contributed by atoms with Crippen LogP contribution in [0.2, 0.25) is 0 Å². The number of rotatable bonds is 10. The van der Waals surface area contributed by atoms with Gasteiger partial charge >= 0.3 is 5.97 Å². The van der Waals surface area contributed by atoms with Gasteiger partial charge in [0.1, 0.15) is 23.8 Å². The Balaban J connectivity index is 1.54. The number of carbonyl (C=O) groups excluding carboxylic acids is 1. The molecule has 168 valence electrons. The summed E-state index contributed by atoms with van der Waals surface area (Å²) in [6.45, 7) is 5.89. The molecule has 31 heavy (non-hydrogen) atoms. The predicted molar refractivity (Wildman–Crippen MR) is 114 cm³/mol. The summed E-state index contributed by atoms with van der Waals surface area (Å²) >= 11 is 0. The molecule has 1 heterocycles. The molecule has 0 bridgehead atoms. The number of ether oxygens (including phenoxy) is 2. The molecule has 0 spiro atoms. The molecule has 0 aliphatic heterocycles. The molecule has 7 nitrogen and oxygen atoms in total. The van der Waals surface area contributed by atoms with Crippen LogP contribution in [0.25, 0.3) is 11.4 Å². The van der Waals surface area contributed by atoms with E-state index in [-0.39, 0.29) is 32.0 Å². The largest absolute Gasteiger partial charge is 0.489 e. The van der Waals surface area contributed by atoms with Gasteiger partial charge in [0, 0.05) is 17.9 Å². The minimum absolute atomic E-state index is 0.0215. The van der Waals surface area contributed by atoms with E-state index >= 15 is 0 Å². The first-order valence-corrected chi connectivity index (χ1v) is 10.6. The quantitative estimate of drug-likeness (QED) is 0.568. The van der Waals surface area contributed by atoms with Gasteiger partial charge < -0.3 is 14.6 Å². The number of aliphatic hydroxyl groups excluding tert-OH is 1. The summed E-state index contributed by atoms with van der Waals surface area (Å²) in [6.07, 6.45) is 3.03. The highest BCUT2D eigenvalue weighted by molar-refractivity contribution is 5.70. The van der Waals surface area contributed by atoms with Gasteiger partial charge in [-0.25, -0.2) is 14.1 Å².